The Hall–Kier alpha value is -3.12. The summed E-state index contributed by atoms with van der Waals surface area (Å²) in [6, 6.07) is 13.3. The van der Waals surface area contributed by atoms with Crippen LogP contribution >= 0.6 is 0 Å². The maximum Gasteiger partial charge on any atom is 0.278 e. The molecule has 2 amide bonds. The highest BCUT2D eigenvalue weighted by atomic mass is 16.5. The van der Waals surface area contributed by atoms with Gasteiger partial charge in [0.15, 0.2) is 0 Å². The van der Waals surface area contributed by atoms with E-state index in [1.165, 1.54) is 4.90 Å². The normalized spacial score (nSPS) is 14.1. The lowest BCUT2D eigenvalue weighted by Gasteiger charge is -2.15. The van der Waals surface area contributed by atoms with Crippen molar-refractivity contribution in [1.82, 2.24) is 4.90 Å². The van der Waals surface area contributed by atoms with Gasteiger partial charge in [-0.05, 0) is 69.5 Å². The third-order valence-electron chi connectivity index (χ3n) is 5.04. The van der Waals surface area contributed by atoms with Gasteiger partial charge in [-0.2, -0.15) is 0 Å². The number of hydrogen-bond acceptors (Lipinski definition) is 5. The zero-order valence-electron chi connectivity index (χ0n) is 18.8. The molecule has 0 aromatic heterocycles. The van der Waals surface area contributed by atoms with E-state index in [0.29, 0.717) is 36.5 Å². The minimum absolute atomic E-state index is 0.0762. The van der Waals surface area contributed by atoms with Crippen LogP contribution in [-0.2, 0) is 14.3 Å². The number of aryl methyl sites for hydroxylation is 2. The van der Waals surface area contributed by atoms with E-state index in [1.54, 1.807) is 7.11 Å². The molecule has 1 heterocycles. The molecule has 6 nitrogen and oxygen atoms in total. The summed E-state index contributed by atoms with van der Waals surface area (Å²) in [7, 11) is 1.60. The van der Waals surface area contributed by atoms with Crippen molar-refractivity contribution in [2.45, 2.75) is 40.2 Å². The van der Waals surface area contributed by atoms with Gasteiger partial charge < -0.3 is 14.8 Å². The fraction of sp³-hybridized carbons (Fsp3) is 0.360. The zero-order valence-corrected chi connectivity index (χ0v) is 18.8. The average molecular weight is 423 g/mol. The zero-order chi connectivity index (χ0) is 22.5. The molecule has 0 atom stereocenters. The van der Waals surface area contributed by atoms with Gasteiger partial charge in [-0.25, -0.2) is 0 Å². The van der Waals surface area contributed by atoms with Crippen molar-refractivity contribution in [2.24, 2.45) is 0 Å². The van der Waals surface area contributed by atoms with E-state index in [2.05, 4.69) is 5.32 Å². The monoisotopic (exact) mass is 422 g/mol. The van der Waals surface area contributed by atoms with Crippen molar-refractivity contribution in [2.75, 3.05) is 25.6 Å². The Balaban J connectivity index is 1.97. The number of carbonyl (C=O) groups excluding carboxylic acids is 2. The molecule has 1 N–H and O–H groups in total. The van der Waals surface area contributed by atoms with Crippen LogP contribution in [0.1, 0.15) is 37.0 Å². The summed E-state index contributed by atoms with van der Waals surface area (Å²) in [6.07, 6.45) is 0.662. The number of nitrogens with zero attached hydrogens (tertiary/aromatic N) is 1. The summed E-state index contributed by atoms with van der Waals surface area (Å²) < 4.78 is 10.8. The molecule has 0 fully saturated rings. The molecule has 0 bridgehead atoms. The first-order chi connectivity index (χ1) is 14.8. The molecule has 0 saturated heterocycles. The maximum absolute atomic E-state index is 13.3. The first-order valence-corrected chi connectivity index (χ1v) is 10.5. The molecule has 1 aliphatic heterocycles. The Bertz CT molecular complexity index is 993. The quantitative estimate of drug-likeness (QED) is 0.482. The molecule has 1 aliphatic rings. The van der Waals surface area contributed by atoms with E-state index in [0.717, 1.165) is 22.4 Å². The van der Waals surface area contributed by atoms with Crippen LogP contribution in [0.25, 0.3) is 5.57 Å². The van der Waals surface area contributed by atoms with Gasteiger partial charge in [0, 0.05) is 25.9 Å². The Morgan fingerprint density at radius 1 is 1.00 bits per heavy atom. The van der Waals surface area contributed by atoms with E-state index in [9.17, 15) is 9.59 Å². The predicted octanol–water partition coefficient (Wildman–Crippen LogP) is 4.32. The van der Waals surface area contributed by atoms with Crippen molar-refractivity contribution in [3.8, 4) is 5.75 Å². The number of nitrogens with one attached hydrogen (secondary N) is 1. The Kier molecular flexibility index (Phi) is 7.13. The molecule has 2 aromatic carbocycles. The molecule has 2 aromatic rings. The Morgan fingerprint density at radius 2 is 1.71 bits per heavy atom. The van der Waals surface area contributed by atoms with Gasteiger partial charge in [0.1, 0.15) is 11.4 Å². The molecule has 3 rings (SSSR count). The van der Waals surface area contributed by atoms with Crippen LogP contribution in [0.4, 0.5) is 5.69 Å². The second-order valence-electron chi connectivity index (χ2n) is 7.99. The summed E-state index contributed by atoms with van der Waals surface area (Å²) in [5.74, 6) is 0.146. The number of anilines is 1. The number of rotatable bonds is 9. The molecule has 0 radical (unpaired) electrons. The fourth-order valence-corrected chi connectivity index (χ4v) is 3.64. The van der Waals surface area contributed by atoms with Crippen LogP contribution < -0.4 is 10.1 Å². The van der Waals surface area contributed by atoms with E-state index < -0.39 is 0 Å². The molecule has 6 heteroatoms. The van der Waals surface area contributed by atoms with Gasteiger partial charge in [-0.3, -0.25) is 14.5 Å². The van der Waals surface area contributed by atoms with Crippen LogP contribution in [-0.4, -0.2) is 43.1 Å². The number of amides is 2. The van der Waals surface area contributed by atoms with Crippen molar-refractivity contribution < 1.29 is 19.1 Å². The summed E-state index contributed by atoms with van der Waals surface area (Å²) in [4.78, 5) is 27.8. The van der Waals surface area contributed by atoms with Gasteiger partial charge in [0.2, 0.25) is 0 Å². The molecule has 0 aliphatic carbocycles. The third kappa shape index (κ3) is 5.14. The van der Waals surface area contributed by atoms with Crippen molar-refractivity contribution >= 4 is 23.1 Å². The van der Waals surface area contributed by atoms with Crippen LogP contribution in [0.2, 0.25) is 0 Å². The number of ether oxygens (including phenoxy) is 2. The van der Waals surface area contributed by atoms with E-state index in [4.69, 9.17) is 9.47 Å². The molecule has 0 spiro atoms. The SMILES string of the molecule is COCCCN1C(=O)C(Nc2ccc(OC(C)C)cc2)=C(c2ccc(C)cc2C)C1=O. The van der Waals surface area contributed by atoms with Crippen LogP contribution in [0.5, 0.6) is 5.75 Å². The summed E-state index contributed by atoms with van der Waals surface area (Å²) in [6.45, 7) is 8.69. The summed E-state index contributed by atoms with van der Waals surface area (Å²) in [5.41, 5.74) is 4.24. The van der Waals surface area contributed by atoms with Crippen molar-refractivity contribution in [3.63, 3.8) is 0 Å². The van der Waals surface area contributed by atoms with Crippen LogP contribution in [0.3, 0.4) is 0 Å². The van der Waals surface area contributed by atoms with Gasteiger partial charge in [-0.15, -0.1) is 0 Å². The van der Waals surface area contributed by atoms with Crippen molar-refractivity contribution in [3.05, 3.63) is 64.9 Å². The lowest BCUT2D eigenvalue weighted by atomic mass is 9.97. The second kappa shape index (κ2) is 9.79. The number of methoxy groups -OCH3 is 1. The number of hydrogen-bond donors (Lipinski definition) is 1. The predicted molar refractivity (Wildman–Crippen MR) is 122 cm³/mol. The van der Waals surface area contributed by atoms with Crippen LogP contribution in [0, 0.1) is 13.8 Å². The van der Waals surface area contributed by atoms with Gasteiger partial charge in [0.25, 0.3) is 11.8 Å². The minimum Gasteiger partial charge on any atom is -0.491 e. The Labute approximate surface area is 183 Å². The smallest absolute Gasteiger partial charge is 0.278 e. The summed E-state index contributed by atoms with van der Waals surface area (Å²) in [5, 5.41) is 3.19. The highest BCUT2D eigenvalue weighted by molar-refractivity contribution is 6.36. The maximum atomic E-state index is 13.3. The first-order valence-electron chi connectivity index (χ1n) is 10.5. The molecular weight excluding hydrogens is 392 g/mol. The van der Waals surface area contributed by atoms with E-state index in [-0.39, 0.29) is 17.9 Å². The standard InChI is InChI=1S/C25H30N2O4/c1-16(2)31-20-10-8-19(9-11-20)26-23-22(21-12-7-17(3)15-18(21)4)24(28)27(25(23)29)13-6-14-30-5/h7-12,15-16,26H,6,13-14H2,1-5H3. The molecule has 0 saturated carbocycles. The van der Waals surface area contributed by atoms with E-state index in [1.807, 2.05) is 70.2 Å². The Morgan fingerprint density at radius 3 is 2.32 bits per heavy atom. The number of carbonyl (C=O) groups is 2. The topological polar surface area (TPSA) is 67.9 Å². The largest absolute Gasteiger partial charge is 0.491 e. The van der Waals surface area contributed by atoms with Gasteiger partial charge >= 0.3 is 0 Å². The molecule has 31 heavy (non-hydrogen) atoms. The lowest BCUT2D eigenvalue weighted by Crippen LogP contribution is -2.34. The fourth-order valence-electron chi connectivity index (χ4n) is 3.64. The average Bonchev–Trinajstić information content (AvgIpc) is 2.94. The first kappa shape index (κ1) is 22.6. The number of benzene rings is 2. The van der Waals surface area contributed by atoms with Crippen molar-refractivity contribution in [1.29, 1.82) is 0 Å². The van der Waals surface area contributed by atoms with E-state index >= 15 is 0 Å². The van der Waals surface area contributed by atoms with Crippen LogP contribution in [0.15, 0.2) is 48.2 Å². The van der Waals surface area contributed by atoms with Gasteiger partial charge in [-0.1, -0.05) is 23.8 Å². The third-order valence-corrected chi connectivity index (χ3v) is 5.04. The molecule has 0 unspecified atom stereocenters. The highest BCUT2D eigenvalue weighted by Crippen LogP contribution is 2.33. The highest BCUT2D eigenvalue weighted by Gasteiger charge is 2.39. The molecule has 164 valence electrons. The number of imide groups is 1. The van der Waals surface area contributed by atoms with Gasteiger partial charge in [0.05, 0.1) is 11.7 Å². The second-order valence-corrected chi connectivity index (χ2v) is 7.99. The summed E-state index contributed by atoms with van der Waals surface area (Å²) >= 11 is 0. The lowest BCUT2D eigenvalue weighted by molar-refractivity contribution is -0.137. The minimum atomic E-state index is -0.321. The molecular formula is C25H30N2O4.